The van der Waals surface area contributed by atoms with Gasteiger partial charge in [-0.1, -0.05) is 6.92 Å². The minimum atomic E-state index is -1.37. The molecular weight excluding hydrogens is 508 g/mol. The largest absolute Gasteiger partial charge is 0.497 e. The fourth-order valence-electron chi connectivity index (χ4n) is 3.79. The average molecular weight is 539 g/mol. The van der Waals surface area contributed by atoms with Crippen LogP contribution < -0.4 is 15.4 Å². The highest BCUT2D eigenvalue weighted by Gasteiger charge is 2.23. The number of anilines is 3. The number of carboxylic acids is 1. The van der Waals surface area contributed by atoms with E-state index in [0.29, 0.717) is 40.7 Å². The molecule has 1 aromatic heterocycles. The lowest BCUT2D eigenvalue weighted by atomic mass is 10.0. The normalized spacial score (nSPS) is 11.8. The van der Waals surface area contributed by atoms with Crippen molar-refractivity contribution >= 4 is 40.4 Å². The second kappa shape index (κ2) is 13.3. The summed E-state index contributed by atoms with van der Waals surface area (Å²) in [7, 11) is 2.99. The van der Waals surface area contributed by atoms with Crippen molar-refractivity contribution in [3.63, 3.8) is 0 Å². The summed E-state index contributed by atoms with van der Waals surface area (Å²) in [6.45, 7) is 6.17. The van der Waals surface area contributed by atoms with Crippen LogP contribution in [0.5, 0.6) is 5.75 Å². The summed E-state index contributed by atoms with van der Waals surface area (Å²) in [5, 5.41) is 35.7. The van der Waals surface area contributed by atoms with Crippen molar-refractivity contribution in [2.45, 2.75) is 33.3 Å². The monoisotopic (exact) mass is 538 g/mol. The van der Waals surface area contributed by atoms with Gasteiger partial charge < -0.3 is 20.5 Å². The van der Waals surface area contributed by atoms with Gasteiger partial charge in [-0.3, -0.25) is 10.1 Å². The number of hydrogen-bond donors (Lipinski definition) is 3. The van der Waals surface area contributed by atoms with E-state index in [2.05, 4.69) is 20.9 Å². The van der Waals surface area contributed by atoms with Crippen LogP contribution in [0.4, 0.5) is 34.4 Å². The van der Waals surface area contributed by atoms with Gasteiger partial charge in [0.15, 0.2) is 5.82 Å². The summed E-state index contributed by atoms with van der Waals surface area (Å²) in [5.41, 5.74) is 1.61. The van der Waals surface area contributed by atoms with Gasteiger partial charge in [0.05, 0.1) is 24.7 Å². The first-order valence-corrected chi connectivity index (χ1v) is 12.0. The number of ether oxygens (including phenoxy) is 1. The van der Waals surface area contributed by atoms with Crippen LogP contribution in [0.2, 0.25) is 0 Å². The lowest BCUT2D eigenvalue weighted by Gasteiger charge is -2.21. The summed E-state index contributed by atoms with van der Waals surface area (Å²) in [6, 6.07) is 10.7. The molecule has 13 heteroatoms. The zero-order valence-electron chi connectivity index (χ0n) is 22.2. The molecule has 3 N–H and O–H groups in total. The number of nitro benzene ring substituents is 1. The summed E-state index contributed by atoms with van der Waals surface area (Å²) in [5.74, 6) is 0.227. The maximum absolute atomic E-state index is 11.8. The molecule has 1 heterocycles. The van der Waals surface area contributed by atoms with Crippen molar-refractivity contribution in [1.82, 2.24) is 4.98 Å². The van der Waals surface area contributed by atoms with E-state index in [4.69, 9.17) is 19.5 Å². The number of hydrogen-bond acceptors (Lipinski definition) is 11. The molecule has 0 radical (unpaired) electrons. The van der Waals surface area contributed by atoms with Gasteiger partial charge in [0.1, 0.15) is 29.0 Å². The van der Waals surface area contributed by atoms with Gasteiger partial charge in [-0.2, -0.15) is 0 Å². The molecule has 0 aliphatic rings. The first kappa shape index (κ1) is 28.9. The molecule has 2 aromatic carbocycles. The van der Waals surface area contributed by atoms with Gasteiger partial charge >= 0.3 is 5.97 Å². The van der Waals surface area contributed by atoms with Crippen molar-refractivity contribution in [3.05, 3.63) is 69.3 Å². The number of aromatic nitrogens is 1. The number of aromatic carboxylic acids is 1. The van der Waals surface area contributed by atoms with Gasteiger partial charge in [-0.25, -0.2) is 19.6 Å². The molecule has 0 amide bonds. The van der Waals surface area contributed by atoms with Gasteiger partial charge in [-0.05, 0) is 56.2 Å². The maximum Gasteiger partial charge on any atom is 0.338 e. The molecule has 3 aromatic rings. The van der Waals surface area contributed by atoms with Crippen molar-refractivity contribution < 1.29 is 29.3 Å². The predicted molar refractivity (Wildman–Crippen MR) is 145 cm³/mol. The number of carbonyl (C=O) groups is 1. The molecule has 0 aliphatic carbocycles. The van der Waals surface area contributed by atoms with Crippen LogP contribution in [-0.4, -0.2) is 41.7 Å². The molecular formula is C26H30N6O7. The van der Waals surface area contributed by atoms with Gasteiger partial charge in [0, 0.05) is 29.9 Å². The van der Waals surface area contributed by atoms with Crippen LogP contribution in [0.3, 0.4) is 0 Å². The average Bonchev–Trinajstić information content (AvgIpc) is 2.91. The van der Waals surface area contributed by atoms with Crippen LogP contribution in [0.15, 0.2) is 52.7 Å². The Balaban J connectivity index is 2.16. The number of benzene rings is 2. The highest BCUT2D eigenvalue weighted by atomic mass is 17.2. The van der Waals surface area contributed by atoms with Crippen LogP contribution >= 0.6 is 0 Å². The van der Waals surface area contributed by atoms with E-state index >= 15 is 0 Å². The van der Waals surface area contributed by atoms with E-state index in [1.165, 1.54) is 19.2 Å². The molecule has 0 spiro atoms. The molecule has 3 rings (SSSR count). The van der Waals surface area contributed by atoms with E-state index in [1.807, 2.05) is 38.1 Å². The van der Waals surface area contributed by atoms with E-state index in [-0.39, 0.29) is 16.9 Å². The summed E-state index contributed by atoms with van der Waals surface area (Å²) >= 11 is 0. The number of nitrogens with zero attached hydrogens (tertiary/aromatic N) is 4. The fourth-order valence-corrected chi connectivity index (χ4v) is 3.79. The van der Waals surface area contributed by atoms with Crippen molar-refractivity contribution in [1.29, 1.82) is 0 Å². The molecule has 1 atom stereocenters. The van der Waals surface area contributed by atoms with E-state index in [9.17, 15) is 20.0 Å². The molecule has 0 fully saturated rings. The van der Waals surface area contributed by atoms with Crippen LogP contribution in [0.25, 0.3) is 0 Å². The van der Waals surface area contributed by atoms with Gasteiger partial charge in [0.25, 0.3) is 5.69 Å². The topological polar surface area (TPSA) is 170 Å². The number of carboxylic acid groups (broad SMARTS) is 1. The first-order valence-electron chi connectivity index (χ1n) is 12.0. The molecule has 0 aliphatic heterocycles. The SMILES string of the molecule is CCCNc1nc(Nc2ccc(OC)cc2)c(C(C)OOC)c(C)c1N=Nc1ccc([N+](=O)[O-])cc1C(=O)O. The number of azo groups is 1. The van der Waals surface area contributed by atoms with Crippen molar-refractivity contribution in [3.8, 4) is 5.75 Å². The molecule has 13 nitrogen and oxygen atoms in total. The van der Waals surface area contributed by atoms with Crippen LogP contribution in [0, 0.1) is 17.0 Å². The zero-order valence-corrected chi connectivity index (χ0v) is 22.2. The Morgan fingerprint density at radius 2 is 1.87 bits per heavy atom. The number of non-ortho nitro benzene ring substituents is 1. The van der Waals surface area contributed by atoms with Crippen molar-refractivity contribution in [2.24, 2.45) is 10.2 Å². The zero-order chi connectivity index (χ0) is 28.5. The van der Waals surface area contributed by atoms with Gasteiger partial charge in [0.2, 0.25) is 0 Å². The summed E-state index contributed by atoms with van der Waals surface area (Å²) in [6.07, 6.45) is 0.223. The Kier molecular flexibility index (Phi) is 9.84. The minimum absolute atomic E-state index is 0.0443. The predicted octanol–water partition coefficient (Wildman–Crippen LogP) is 6.62. The Hall–Kier alpha value is -4.62. The van der Waals surface area contributed by atoms with E-state index in [1.54, 1.807) is 14.0 Å². The van der Waals surface area contributed by atoms with E-state index in [0.717, 1.165) is 18.2 Å². The molecule has 0 saturated heterocycles. The lowest BCUT2D eigenvalue weighted by Crippen LogP contribution is -2.11. The number of nitrogens with one attached hydrogen (secondary N) is 2. The van der Waals surface area contributed by atoms with Crippen LogP contribution in [0.1, 0.15) is 47.9 Å². The summed E-state index contributed by atoms with van der Waals surface area (Å²) < 4.78 is 5.23. The third-order valence-corrected chi connectivity index (χ3v) is 5.68. The number of pyridine rings is 1. The highest BCUT2D eigenvalue weighted by Crippen LogP contribution is 2.40. The smallest absolute Gasteiger partial charge is 0.338 e. The second-order valence-corrected chi connectivity index (χ2v) is 8.35. The Morgan fingerprint density at radius 3 is 2.46 bits per heavy atom. The molecule has 39 heavy (non-hydrogen) atoms. The van der Waals surface area contributed by atoms with Gasteiger partial charge in [-0.15, -0.1) is 10.2 Å². The minimum Gasteiger partial charge on any atom is -0.497 e. The Labute approximate surface area is 224 Å². The first-order chi connectivity index (χ1) is 18.7. The maximum atomic E-state index is 11.8. The number of rotatable bonds is 13. The van der Waals surface area contributed by atoms with Crippen LogP contribution in [-0.2, 0) is 9.78 Å². The molecule has 0 saturated carbocycles. The second-order valence-electron chi connectivity index (χ2n) is 8.35. The Bertz CT molecular complexity index is 1360. The van der Waals surface area contributed by atoms with E-state index < -0.39 is 17.0 Å². The quantitative estimate of drug-likeness (QED) is 0.0929. The molecule has 1 unspecified atom stereocenters. The lowest BCUT2D eigenvalue weighted by molar-refractivity contribution is -0.384. The Morgan fingerprint density at radius 1 is 1.15 bits per heavy atom. The van der Waals surface area contributed by atoms with Crippen molar-refractivity contribution in [2.75, 3.05) is 31.4 Å². The number of nitro groups is 1. The molecule has 0 bridgehead atoms. The number of methoxy groups -OCH3 is 1. The highest BCUT2D eigenvalue weighted by molar-refractivity contribution is 5.94. The third-order valence-electron chi connectivity index (χ3n) is 5.68. The molecule has 206 valence electrons. The standard InChI is InChI=1S/C26H30N6O7/c1-6-13-27-25-23(31-30-21-12-9-18(32(35)36)14-20(21)26(33)34)15(2)22(16(3)39-38-5)24(29-25)28-17-7-10-19(37-4)11-8-17/h7-12,14,16H,6,13H2,1-5H3,(H,33,34)(H2,27,28,29). The summed E-state index contributed by atoms with van der Waals surface area (Å²) in [4.78, 5) is 37.3. The third kappa shape index (κ3) is 7.03. The fraction of sp³-hybridized carbons (Fsp3) is 0.308.